The summed E-state index contributed by atoms with van der Waals surface area (Å²) in [4.78, 5) is 15.7. The zero-order chi connectivity index (χ0) is 13.6. The van der Waals surface area contributed by atoms with Gasteiger partial charge in [0.2, 0.25) is 0 Å². The predicted octanol–water partition coefficient (Wildman–Crippen LogP) is 0.976. The second-order valence-electron chi connectivity index (χ2n) is 4.92. The van der Waals surface area contributed by atoms with Gasteiger partial charge in [0.1, 0.15) is 0 Å². The Morgan fingerprint density at radius 1 is 1.56 bits per heavy atom. The van der Waals surface area contributed by atoms with Gasteiger partial charge in [-0.2, -0.15) is 0 Å². The maximum absolute atomic E-state index is 11.5. The van der Waals surface area contributed by atoms with Gasteiger partial charge < -0.3 is 15.2 Å². The third kappa shape index (κ3) is 4.09. The molecule has 0 aliphatic rings. The van der Waals surface area contributed by atoms with E-state index < -0.39 is 0 Å². The zero-order valence-corrected chi connectivity index (χ0v) is 11.1. The van der Waals surface area contributed by atoms with Crippen molar-refractivity contribution in [3.8, 4) is 0 Å². The van der Waals surface area contributed by atoms with Gasteiger partial charge in [0, 0.05) is 31.3 Å². The number of esters is 1. The molecule has 1 heterocycles. The summed E-state index contributed by atoms with van der Waals surface area (Å²) in [6.07, 6.45) is 1.64. The summed E-state index contributed by atoms with van der Waals surface area (Å²) >= 11 is 0. The molecule has 0 bridgehead atoms. The highest BCUT2D eigenvalue weighted by atomic mass is 16.5. The van der Waals surface area contributed by atoms with Crippen molar-refractivity contribution in [1.29, 1.82) is 0 Å². The highest BCUT2D eigenvalue weighted by Crippen LogP contribution is 2.12. The monoisotopic (exact) mass is 252 g/mol. The number of rotatable bonds is 6. The number of nitrogens with one attached hydrogen (secondary N) is 1. The normalized spacial score (nSPS) is 11.3. The van der Waals surface area contributed by atoms with Crippen LogP contribution in [0.5, 0.6) is 0 Å². The van der Waals surface area contributed by atoms with Gasteiger partial charge in [0.25, 0.3) is 0 Å². The summed E-state index contributed by atoms with van der Waals surface area (Å²) in [7, 11) is 1.35. The molecule has 0 saturated carbocycles. The Labute approximate surface area is 107 Å². The molecule has 0 saturated heterocycles. The average Bonchev–Trinajstić information content (AvgIpc) is 2.38. The molecule has 0 amide bonds. The molecule has 0 atom stereocenters. The van der Waals surface area contributed by atoms with Gasteiger partial charge in [0.05, 0.1) is 18.4 Å². The molecule has 0 aliphatic carbocycles. The van der Waals surface area contributed by atoms with E-state index in [4.69, 9.17) is 9.84 Å². The van der Waals surface area contributed by atoms with Gasteiger partial charge in [-0.15, -0.1) is 0 Å². The first kappa shape index (κ1) is 14.6. The van der Waals surface area contributed by atoms with E-state index >= 15 is 0 Å². The van der Waals surface area contributed by atoms with Crippen LogP contribution in [0.3, 0.4) is 0 Å². The molecule has 5 nitrogen and oxygen atoms in total. The number of pyridine rings is 1. The van der Waals surface area contributed by atoms with E-state index in [0.717, 1.165) is 0 Å². The Morgan fingerprint density at radius 3 is 2.89 bits per heavy atom. The largest absolute Gasteiger partial charge is 0.465 e. The molecule has 5 heteroatoms. The topological polar surface area (TPSA) is 71.5 Å². The molecular formula is C13H20N2O3. The van der Waals surface area contributed by atoms with Crippen LogP contribution in [0.15, 0.2) is 18.3 Å². The molecule has 0 aliphatic heterocycles. The van der Waals surface area contributed by atoms with Gasteiger partial charge in [-0.05, 0) is 12.1 Å². The van der Waals surface area contributed by atoms with Crippen LogP contribution < -0.4 is 5.32 Å². The fraction of sp³-hybridized carbons (Fsp3) is 0.538. The van der Waals surface area contributed by atoms with Crippen LogP contribution in [0.4, 0.5) is 0 Å². The number of methoxy groups -OCH3 is 1. The number of carbonyl (C=O) groups excluding carboxylic acids is 1. The summed E-state index contributed by atoms with van der Waals surface area (Å²) < 4.78 is 4.70. The predicted molar refractivity (Wildman–Crippen MR) is 68.2 cm³/mol. The van der Waals surface area contributed by atoms with Gasteiger partial charge in [-0.3, -0.25) is 4.98 Å². The lowest BCUT2D eigenvalue weighted by molar-refractivity contribution is 0.0598. The van der Waals surface area contributed by atoms with Crippen molar-refractivity contribution < 1.29 is 14.6 Å². The molecule has 0 radical (unpaired) electrons. The van der Waals surface area contributed by atoms with E-state index in [2.05, 4.69) is 10.3 Å². The Kier molecular flexibility index (Phi) is 5.25. The fourth-order valence-corrected chi connectivity index (χ4v) is 1.45. The van der Waals surface area contributed by atoms with Crippen molar-refractivity contribution in [3.05, 3.63) is 29.6 Å². The maximum Gasteiger partial charge on any atom is 0.339 e. The Morgan fingerprint density at radius 2 is 2.28 bits per heavy atom. The number of aliphatic hydroxyl groups excluding tert-OH is 1. The lowest BCUT2D eigenvalue weighted by atomic mass is 9.95. The summed E-state index contributed by atoms with van der Waals surface area (Å²) in [5.74, 6) is -0.388. The summed E-state index contributed by atoms with van der Waals surface area (Å²) in [6, 6.07) is 3.39. The second-order valence-corrected chi connectivity index (χ2v) is 4.92. The highest BCUT2D eigenvalue weighted by molar-refractivity contribution is 5.90. The Hall–Kier alpha value is -1.46. The number of nitrogens with zero attached hydrogens (tertiary/aromatic N) is 1. The molecular weight excluding hydrogens is 232 g/mol. The van der Waals surface area contributed by atoms with Crippen molar-refractivity contribution in [2.45, 2.75) is 20.4 Å². The lowest BCUT2D eigenvalue weighted by Gasteiger charge is -2.22. The van der Waals surface area contributed by atoms with Crippen molar-refractivity contribution in [2.24, 2.45) is 5.41 Å². The maximum atomic E-state index is 11.5. The fourth-order valence-electron chi connectivity index (χ4n) is 1.45. The lowest BCUT2D eigenvalue weighted by Crippen LogP contribution is -2.32. The standard InChI is InChI=1S/C13H20N2O3/c1-13(2,9-16)8-14-7-11-10(12(17)18-3)5-4-6-15-11/h4-6,14,16H,7-9H2,1-3H3. The first-order valence-electron chi connectivity index (χ1n) is 5.84. The second kappa shape index (κ2) is 6.47. The minimum atomic E-state index is -0.388. The van der Waals surface area contributed by atoms with Crippen LogP contribution in [0.2, 0.25) is 0 Å². The number of carbonyl (C=O) groups is 1. The van der Waals surface area contributed by atoms with E-state index in [1.807, 2.05) is 13.8 Å². The highest BCUT2D eigenvalue weighted by Gasteiger charge is 2.17. The third-order valence-electron chi connectivity index (χ3n) is 2.62. The minimum Gasteiger partial charge on any atom is -0.465 e. The molecule has 2 N–H and O–H groups in total. The Balaban J connectivity index is 2.65. The molecule has 0 aromatic carbocycles. The first-order chi connectivity index (χ1) is 8.50. The van der Waals surface area contributed by atoms with Crippen LogP contribution in [0.1, 0.15) is 29.9 Å². The van der Waals surface area contributed by atoms with Crippen LogP contribution >= 0.6 is 0 Å². The van der Waals surface area contributed by atoms with Crippen LogP contribution in [-0.4, -0.2) is 36.3 Å². The summed E-state index contributed by atoms with van der Waals surface area (Å²) in [5, 5.41) is 12.3. The van der Waals surface area contributed by atoms with Gasteiger partial charge >= 0.3 is 5.97 Å². The van der Waals surface area contributed by atoms with E-state index in [1.165, 1.54) is 7.11 Å². The van der Waals surface area contributed by atoms with E-state index in [-0.39, 0.29) is 18.0 Å². The SMILES string of the molecule is COC(=O)c1cccnc1CNCC(C)(C)CO. The molecule has 1 aromatic rings. The van der Waals surface area contributed by atoms with Gasteiger partial charge in [-0.1, -0.05) is 13.8 Å². The number of hydrogen-bond donors (Lipinski definition) is 2. The smallest absolute Gasteiger partial charge is 0.339 e. The van der Waals surface area contributed by atoms with Gasteiger partial charge in [0.15, 0.2) is 0 Å². The van der Waals surface area contributed by atoms with E-state index in [1.54, 1.807) is 18.3 Å². The van der Waals surface area contributed by atoms with Crippen LogP contribution in [0.25, 0.3) is 0 Å². The average molecular weight is 252 g/mol. The molecule has 0 spiro atoms. The number of aromatic nitrogens is 1. The van der Waals surface area contributed by atoms with E-state index in [0.29, 0.717) is 24.3 Å². The van der Waals surface area contributed by atoms with Crippen molar-refractivity contribution in [3.63, 3.8) is 0 Å². The van der Waals surface area contributed by atoms with Crippen molar-refractivity contribution >= 4 is 5.97 Å². The van der Waals surface area contributed by atoms with Crippen LogP contribution in [-0.2, 0) is 11.3 Å². The minimum absolute atomic E-state index is 0.103. The molecule has 0 fully saturated rings. The number of hydrogen-bond acceptors (Lipinski definition) is 5. The molecule has 100 valence electrons. The summed E-state index contributed by atoms with van der Waals surface area (Å²) in [6.45, 7) is 5.13. The van der Waals surface area contributed by atoms with Crippen LogP contribution in [0, 0.1) is 5.41 Å². The molecule has 0 unspecified atom stereocenters. The third-order valence-corrected chi connectivity index (χ3v) is 2.62. The molecule has 18 heavy (non-hydrogen) atoms. The van der Waals surface area contributed by atoms with Crippen molar-refractivity contribution in [1.82, 2.24) is 10.3 Å². The van der Waals surface area contributed by atoms with E-state index in [9.17, 15) is 4.79 Å². The zero-order valence-electron chi connectivity index (χ0n) is 11.1. The summed E-state index contributed by atoms with van der Waals surface area (Å²) in [5.41, 5.74) is 0.924. The Bertz CT molecular complexity index is 405. The molecule has 1 aromatic heterocycles. The van der Waals surface area contributed by atoms with Gasteiger partial charge in [-0.25, -0.2) is 4.79 Å². The number of ether oxygens (including phenoxy) is 1. The number of aliphatic hydroxyl groups is 1. The van der Waals surface area contributed by atoms with Crippen molar-refractivity contribution in [2.75, 3.05) is 20.3 Å². The first-order valence-corrected chi connectivity index (χ1v) is 5.84. The molecule has 1 rings (SSSR count). The quantitative estimate of drug-likeness (QED) is 0.738.